The molecule has 140 valence electrons. The number of nitrogens with zero attached hydrogens (tertiary/aromatic N) is 3. The molecule has 27 heavy (non-hydrogen) atoms. The number of anilines is 5. The number of carbonyl (C=O) groups excluding carboxylic acids is 1. The zero-order valence-corrected chi connectivity index (χ0v) is 15.2. The molecule has 0 aliphatic heterocycles. The molecule has 9 heteroatoms. The number of hydrogen-bond donors (Lipinski definition) is 5. The molecule has 3 aromatic rings. The molecule has 0 saturated heterocycles. The molecule has 1 aromatic carbocycles. The Morgan fingerprint density at radius 3 is 2.59 bits per heavy atom. The molecule has 0 saturated carbocycles. The maximum Gasteiger partial charge on any atom is 0.319 e. The minimum atomic E-state index is -0.228. The number of benzene rings is 1. The van der Waals surface area contributed by atoms with E-state index in [0.717, 1.165) is 17.8 Å². The van der Waals surface area contributed by atoms with E-state index in [1.54, 1.807) is 12.4 Å². The standard InChI is InChI=1S/C18H22N8O/c1-3-7-20-18(27)22-14-6-4-5-13(9-14)21-16-10-19-11-17(24-16)23-15-8-12(2)25-26-15/h4-6,8-11H,3,7H2,1-2H3,(H2,20,22,27)(H3,21,23,24,25,26). The van der Waals surface area contributed by atoms with Crippen molar-refractivity contribution in [3.05, 3.63) is 48.4 Å². The van der Waals surface area contributed by atoms with Gasteiger partial charge < -0.3 is 21.3 Å². The lowest BCUT2D eigenvalue weighted by Gasteiger charge is -2.10. The number of carbonyl (C=O) groups is 1. The number of nitrogens with one attached hydrogen (secondary N) is 5. The Morgan fingerprint density at radius 1 is 1.07 bits per heavy atom. The van der Waals surface area contributed by atoms with Crippen LogP contribution in [0, 0.1) is 6.92 Å². The Morgan fingerprint density at radius 2 is 1.85 bits per heavy atom. The van der Waals surface area contributed by atoms with Gasteiger partial charge in [-0.05, 0) is 31.5 Å². The first-order chi connectivity index (χ1) is 13.1. The fourth-order valence-corrected chi connectivity index (χ4v) is 2.34. The average molecular weight is 366 g/mol. The number of rotatable bonds is 7. The lowest BCUT2D eigenvalue weighted by atomic mass is 10.2. The molecule has 0 aliphatic carbocycles. The number of aryl methyl sites for hydroxylation is 1. The van der Waals surface area contributed by atoms with E-state index in [9.17, 15) is 4.79 Å². The fraction of sp³-hybridized carbons (Fsp3) is 0.222. The van der Waals surface area contributed by atoms with Crippen LogP contribution in [-0.2, 0) is 0 Å². The minimum Gasteiger partial charge on any atom is -0.339 e. The van der Waals surface area contributed by atoms with Gasteiger partial charge in [-0.2, -0.15) is 5.10 Å². The number of amides is 2. The first-order valence-corrected chi connectivity index (χ1v) is 8.65. The summed E-state index contributed by atoms with van der Waals surface area (Å²) in [7, 11) is 0. The molecule has 2 amide bonds. The highest BCUT2D eigenvalue weighted by atomic mass is 16.2. The van der Waals surface area contributed by atoms with Crippen molar-refractivity contribution in [1.29, 1.82) is 0 Å². The number of hydrogen-bond acceptors (Lipinski definition) is 6. The van der Waals surface area contributed by atoms with E-state index in [1.165, 1.54) is 0 Å². The van der Waals surface area contributed by atoms with Crippen LogP contribution >= 0.6 is 0 Å². The zero-order chi connectivity index (χ0) is 19.1. The smallest absolute Gasteiger partial charge is 0.319 e. The number of aromatic amines is 1. The van der Waals surface area contributed by atoms with E-state index in [0.29, 0.717) is 29.7 Å². The SMILES string of the molecule is CCCNC(=O)Nc1cccc(Nc2cncc(Nc3cc(C)[nH]n3)n2)c1. The maximum atomic E-state index is 11.8. The van der Waals surface area contributed by atoms with Crippen LogP contribution in [0.2, 0.25) is 0 Å². The molecule has 5 N–H and O–H groups in total. The van der Waals surface area contributed by atoms with E-state index in [-0.39, 0.29) is 6.03 Å². The Balaban J connectivity index is 1.65. The minimum absolute atomic E-state index is 0.228. The van der Waals surface area contributed by atoms with Crippen LogP contribution in [0.5, 0.6) is 0 Å². The first kappa shape index (κ1) is 18.2. The van der Waals surface area contributed by atoms with Gasteiger partial charge in [-0.3, -0.25) is 10.1 Å². The molecule has 0 bridgehead atoms. The van der Waals surface area contributed by atoms with Crippen LogP contribution < -0.4 is 21.3 Å². The third-order valence-corrected chi connectivity index (χ3v) is 3.53. The molecule has 0 unspecified atom stereocenters. The lowest BCUT2D eigenvalue weighted by Crippen LogP contribution is -2.29. The van der Waals surface area contributed by atoms with E-state index < -0.39 is 0 Å². The normalized spacial score (nSPS) is 10.3. The number of aromatic nitrogens is 4. The van der Waals surface area contributed by atoms with Crippen molar-refractivity contribution in [3.63, 3.8) is 0 Å². The van der Waals surface area contributed by atoms with Gasteiger partial charge in [-0.1, -0.05) is 13.0 Å². The molecule has 0 aliphatic rings. The fourth-order valence-electron chi connectivity index (χ4n) is 2.34. The summed E-state index contributed by atoms with van der Waals surface area (Å²) in [6.45, 7) is 4.56. The van der Waals surface area contributed by atoms with Crippen LogP contribution in [0.1, 0.15) is 19.0 Å². The third-order valence-electron chi connectivity index (χ3n) is 3.53. The molecule has 2 aromatic heterocycles. The van der Waals surface area contributed by atoms with Crippen molar-refractivity contribution in [2.45, 2.75) is 20.3 Å². The molecule has 0 atom stereocenters. The summed E-state index contributed by atoms with van der Waals surface area (Å²) < 4.78 is 0. The van der Waals surface area contributed by atoms with Gasteiger partial charge in [0.05, 0.1) is 12.4 Å². The summed E-state index contributed by atoms with van der Waals surface area (Å²) in [6, 6.07) is 9.02. The molecule has 0 fully saturated rings. The van der Waals surface area contributed by atoms with Gasteiger partial charge in [-0.25, -0.2) is 9.78 Å². The first-order valence-electron chi connectivity index (χ1n) is 8.65. The van der Waals surface area contributed by atoms with Gasteiger partial charge in [-0.15, -0.1) is 0 Å². The Labute approximate surface area is 157 Å². The summed E-state index contributed by atoms with van der Waals surface area (Å²) in [5, 5.41) is 18.8. The van der Waals surface area contributed by atoms with Crippen LogP contribution in [-0.4, -0.2) is 32.7 Å². The predicted octanol–water partition coefficient (Wildman–Crippen LogP) is 3.53. The molecule has 0 spiro atoms. The third kappa shape index (κ3) is 5.43. The van der Waals surface area contributed by atoms with Crippen LogP contribution in [0.4, 0.5) is 33.6 Å². The molecular weight excluding hydrogens is 344 g/mol. The van der Waals surface area contributed by atoms with Crippen molar-refractivity contribution in [3.8, 4) is 0 Å². The van der Waals surface area contributed by atoms with Gasteiger partial charge in [0.1, 0.15) is 0 Å². The summed E-state index contributed by atoms with van der Waals surface area (Å²) in [6.07, 6.45) is 4.12. The van der Waals surface area contributed by atoms with E-state index >= 15 is 0 Å². The van der Waals surface area contributed by atoms with Gasteiger partial charge in [0.15, 0.2) is 17.5 Å². The van der Waals surface area contributed by atoms with Crippen molar-refractivity contribution in [1.82, 2.24) is 25.5 Å². The summed E-state index contributed by atoms with van der Waals surface area (Å²) in [5.74, 6) is 1.81. The summed E-state index contributed by atoms with van der Waals surface area (Å²) >= 11 is 0. The quantitative estimate of drug-likeness (QED) is 0.436. The highest BCUT2D eigenvalue weighted by Gasteiger charge is 2.05. The Hall–Kier alpha value is -3.62. The van der Waals surface area contributed by atoms with E-state index in [4.69, 9.17) is 0 Å². The van der Waals surface area contributed by atoms with Crippen molar-refractivity contribution in [2.24, 2.45) is 0 Å². The van der Waals surface area contributed by atoms with Crippen LogP contribution in [0.3, 0.4) is 0 Å². The predicted molar refractivity (Wildman–Crippen MR) is 106 cm³/mol. The highest BCUT2D eigenvalue weighted by Crippen LogP contribution is 2.20. The van der Waals surface area contributed by atoms with Crippen molar-refractivity contribution >= 4 is 34.9 Å². The number of urea groups is 1. The molecule has 0 radical (unpaired) electrons. The summed E-state index contributed by atoms with van der Waals surface area (Å²) in [5.41, 5.74) is 2.42. The van der Waals surface area contributed by atoms with Gasteiger partial charge in [0.2, 0.25) is 0 Å². The van der Waals surface area contributed by atoms with E-state index in [2.05, 4.69) is 41.4 Å². The Kier molecular flexibility index (Phi) is 5.83. The monoisotopic (exact) mass is 366 g/mol. The van der Waals surface area contributed by atoms with Crippen LogP contribution in [0.25, 0.3) is 0 Å². The average Bonchev–Trinajstić information content (AvgIpc) is 3.05. The maximum absolute atomic E-state index is 11.8. The Bertz CT molecular complexity index is 908. The zero-order valence-electron chi connectivity index (χ0n) is 15.2. The second-order valence-electron chi connectivity index (χ2n) is 5.94. The van der Waals surface area contributed by atoms with Crippen LogP contribution in [0.15, 0.2) is 42.7 Å². The number of H-pyrrole nitrogens is 1. The second kappa shape index (κ2) is 8.65. The van der Waals surface area contributed by atoms with Gasteiger partial charge in [0, 0.05) is 29.7 Å². The lowest BCUT2D eigenvalue weighted by molar-refractivity contribution is 0.252. The topological polar surface area (TPSA) is 120 Å². The van der Waals surface area contributed by atoms with E-state index in [1.807, 2.05) is 44.2 Å². The molecule has 2 heterocycles. The molecule has 9 nitrogen and oxygen atoms in total. The van der Waals surface area contributed by atoms with Gasteiger partial charge in [0.25, 0.3) is 0 Å². The van der Waals surface area contributed by atoms with Crippen molar-refractivity contribution < 1.29 is 4.79 Å². The highest BCUT2D eigenvalue weighted by molar-refractivity contribution is 5.89. The molecule has 3 rings (SSSR count). The second-order valence-corrected chi connectivity index (χ2v) is 5.94. The van der Waals surface area contributed by atoms with Crippen molar-refractivity contribution in [2.75, 3.05) is 22.5 Å². The van der Waals surface area contributed by atoms with Gasteiger partial charge >= 0.3 is 6.03 Å². The summed E-state index contributed by atoms with van der Waals surface area (Å²) in [4.78, 5) is 20.4. The molecular formula is C18H22N8O. The largest absolute Gasteiger partial charge is 0.339 e.